The lowest BCUT2D eigenvalue weighted by Crippen LogP contribution is -2.38. The molecule has 0 saturated carbocycles. The third-order valence-electron chi connectivity index (χ3n) is 6.04. The molecule has 2 heterocycles. The van der Waals surface area contributed by atoms with Crippen molar-refractivity contribution in [1.29, 1.82) is 0 Å². The number of nitrogens with two attached hydrogens (primary N) is 1. The first-order chi connectivity index (χ1) is 14.5. The number of methoxy groups -OCH3 is 2. The van der Waals surface area contributed by atoms with Crippen molar-refractivity contribution in [3.05, 3.63) is 17.7 Å². The number of likely N-dealkylation sites (tertiary alicyclic amines) is 2. The van der Waals surface area contributed by atoms with Gasteiger partial charge in [-0.05, 0) is 44.4 Å². The predicted molar refractivity (Wildman–Crippen MR) is 113 cm³/mol. The Morgan fingerprint density at radius 3 is 2.43 bits per heavy atom. The Morgan fingerprint density at radius 2 is 1.83 bits per heavy atom. The van der Waals surface area contributed by atoms with Crippen LogP contribution in [0.3, 0.4) is 0 Å². The van der Waals surface area contributed by atoms with Crippen molar-refractivity contribution in [2.75, 3.05) is 53.6 Å². The fourth-order valence-corrected chi connectivity index (χ4v) is 4.39. The maximum atomic E-state index is 13.2. The molecular weight excluding hydrogens is 386 g/mol. The standard InChI is InChI=1S/C22H33N3O5/c1-4-9-24-10-6-22(21(24)27)7-11-25(15-22)20(26)16-13-17(28-2)19(18(14-16)29-3)30-12-5-8-23/h13-14H,4-12,15,23H2,1-3H3. The number of nitrogens with zero attached hydrogens (tertiary/aromatic N) is 2. The van der Waals surface area contributed by atoms with Crippen LogP contribution < -0.4 is 19.9 Å². The second kappa shape index (κ2) is 9.55. The lowest BCUT2D eigenvalue weighted by atomic mass is 9.85. The topological polar surface area (TPSA) is 94.3 Å². The Morgan fingerprint density at radius 1 is 1.17 bits per heavy atom. The van der Waals surface area contributed by atoms with E-state index in [-0.39, 0.29) is 11.8 Å². The van der Waals surface area contributed by atoms with Crippen molar-refractivity contribution in [3.8, 4) is 17.2 Å². The molecule has 2 aliphatic rings. The smallest absolute Gasteiger partial charge is 0.254 e. The molecule has 30 heavy (non-hydrogen) atoms. The lowest BCUT2D eigenvalue weighted by molar-refractivity contribution is -0.135. The van der Waals surface area contributed by atoms with Gasteiger partial charge in [-0.15, -0.1) is 0 Å². The number of carbonyl (C=O) groups is 2. The second-order valence-electron chi connectivity index (χ2n) is 8.00. The van der Waals surface area contributed by atoms with Gasteiger partial charge >= 0.3 is 0 Å². The highest BCUT2D eigenvalue weighted by atomic mass is 16.5. The summed E-state index contributed by atoms with van der Waals surface area (Å²) >= 11 is 0. The lowest BCUT2D eigenvalue weighted by Gasteiger charge is -2.24. The van der Waals surface area contributed by atoms with Gasteiger partial charge in [0.15, 0.2) is 11.5 Å². The van der Waals surface area contributed by atoms with Gasteiger partial charge in [-0.25, -0.2) is 0 Å². The van der Waals surface area contributed by atoms with E-state index in [1.807, 2.05) is 4.90 Å². The summed E-state index contributed by atoms with van der Waals surface area (Å²) in [7, 11) is 3.06. The van der Waals surface area contributed by atoms with Crippen molar-refractivity contribution in [2.24, 2.45) is 11.1 Å². The third-order valence-corrected chi connectivity index (χ3v) is 6.04. The van der Waals surface area contributed by atoms with Crippen LogP contribution in [0.25, 0.3) is 0 Å². The van der Waals surface area contributed by atoms with E-state index in [9.17, 15) is 9.59 Å². The van der Waals surface area contributed by atoms with E-state index in [1.54, 1.807) is 17.0 Å². The van der Waals surface area contributed by atoms with Crippen LogP contribution in [-0.4, -0.2) is 75.2 Å². The molecule has 0 aromatic heterocycles. The summed E-state index contributed by atoms with van der Waals surface area (Å²) in [5.74, 6) is 1.41. The zero-order valence-corrected chi connectivity index (χ0v) is 18.2. The van der Waals surface area contributed by atoms with Crippen molar-refractivity contribution < 1.29 is 23.8 Å². The van der Waals surface area contributed by atoms with E-state index >= 15 is 0 Å². The van der Waals surface area contributed by atoms with Gasteiger partial charge in [-0.1, -0.05) is 6.92 Å². The van der Waals surface area contributed by atoms with Gasteiger partial charge in [0, 0.05) is 31.7 Å². The van der Waals surface area contributed by atoms with Crippen LogP contribution in [0, 0.1) is 5.41 Å². The average Bonchev–Trinajstić information content (AvgIpc) is 3.33. The number of carbonyl (C=O) groups excluding carboxylic acids is 2. The molecule has 2 amide bonds. The quantitative estimate of drug-likeness (QED) is 0.615. The maximum absolute atomic E-state index is 13.2. The number of rotatable bonds is 9. The predicted octanol–water partition coefficient (Wildman–Crippen LogP) is 1.91. The summed E-state index contributed by atoms with van der Waals surface area (Å²) in [5, 5.41) is 0. The maximum Gasteiger partial charge on any atom is 0.254 e. The van der Waals surface area contributed by atoms with Crippen LogP contribution in [0.5, 0.6) is 17.2 Å². The number of hydrogen-bond donors (Lipinski definition) is 1. The molecule has 2 fully saturated rings. The number of hydrogen-bond acceptors (Lipinski definition) is 6. The number of ether oxygens (including phenoxy) is 3. The number of benzene rings is 1. The van der Waals surface area contributed by atoms with Crippen LogP contribution in [0.2, 0.25) is 0 Å². The largest absolute Gasteiger partial charge is 0.493 e. The van der Waals surface area contributed by atoms with Gasteiger partial charge in [0.25, 0.3) is 5.91 Å². The Bertz CT molecular complexity index is 759. The summed E-state index contributed by atoms with van der Waals surface area (Å²) in [6.45, 7) is 5.63. The summed E-state index contributed by atoms with van der Waals surface area (Å²) < 4.78 is 16.7. The Labute approximate surface area is 178 Å². The molecule has 2 N–H and O–H groups in total. The first-order valence-corrected chi connectivity index (χ1v) is 10.7. The van der Waals surface area contributed by atoms with Gasteiger partial charge in [-0.2, -0.15) is 0 Å². The third kappa shape index (κ3) is 4.19. The Kier molecular flexibility index (Phi) is 7.07. The van der Waals surface area contributed by atoms with E-state index < -0.39 is 5.41 Å². The Balaban J connectivity index is 1.78. The van der Waals surface area contributed by atoms with Gasteiger partial charge in [0.05, 0.1) is 26.2 Å². The van der Waals surface area contributed by atoms with Crippen LogP contribution in [-0.2, 0) is 4.79 Å². The molecule has 2 saturated heterocycles. The highest BCUT2D eigenvalue weighted by Gasteiger charge is 2.51. The van der Waals surface area contributed by atoms with Gasteiger partial charge in [0.2, 0.25) is 11.7 Å². The molecule has 2 aliphatic heterocycles. The van der Waals surface area contributed by atoms with Crippen molar-refractivity contribution in [1.82, 2.24) is 9.80 Å². The highest BCUT2D eigenvalue weighted by molar-refractivity contribution is 5.97. The van der Waals surface area contributed by atoms with Gasteiger partial charge in [0.1, 0.15) is 0 Å². The summed E-state index contributed by atoms with van der Waals surface area (Å²) in [4.78, 5) is 29.9. The molecule has 166 valence electrons. The fraction of sp³-hybridized carbons (Fsp3) is 0.636. The molecule has 0 bridgehead atoms. The minimum atomic E-state index is -0.426. The zero-order valence-electron chi connectivity index (χ0n) is 18.2. The molecule has 1 aromatic rings. The average molecular weight is 420 g/mol. The van der Waals surface area contributed by atoms with Gasteiger partial charge in [-0.3, -0.25) is 9.59 Å². The summed E-state index contributed by atoms with van der Waals surface area (Å²) in [6, 6.07) is 3.35. The van der Waals surface area contributed by atoms with E-state index in [4.69, 9.17) is 19.9 Å². The normalized spacial score (nSPS) is 20.9. The molecule has 1 atom stereocenters. The minimum Gasteiger partial charge on any atom is -0.493 e. The zero-order chi connectivity index (χ0) is 21.7. The van der Waals surface area contributed by atoms with E-state index in [1.165, 1.54) is 14.2 Å². The molecule has 0 aliphatic carbocycles. The molecule has 8 nitrogen and oxygen atoms in total. The Hall–Kier alpha value is -2.48. The molecular formula is C22H33N3O5. The monoisotopic (exact) mass is 419 g/mol. The van der Waals surface area contributed by atoms with E-state index in [0.717, 1.165) is 25.9 Å². The highest BCUT2D eigenvalue weighted by Crippen LogP contribution is 2.43. The van der Waals surface area contributed by atoms with E-state index in [2.05, 4.69) is 6.92 Å². The van der Waals surface area contributed by atoms with Crippen LogP contribution in [0.15, 0.2) is 12.1 Å². The van der Waals surface area contributed by atoms with Crippen molar-refractivity contribution in [2.45, 2.75) is 32.6 Å². The van der Waals surface area contributed by atoms with Crippen LogP contribution >= 0.6 is 0 Å². The van der Waals surface area contributed by atoms with Crippen molar-refractivity contribution >= 4 is 11.8 Å². The molecule has 8 heteroatoms. The minimum absolute atomic E-state index is 0.126. The summed E-state index contributed by atoms with van der Waals surface area (Å²) in [6.07, 6.45) is 3.18. The molecule has 1 aromatic carbocycles. The first kappa shape index (κ1) is 22.2. The molecule has 0 radical (unpaired) electrons. The number of amides is 2. The first-order valence-electron chi connectivity index (χ1n) is 10.7. The van der Waals surface area contributed by atoms with Crippen LogP contribution in [0.4, 0.5) is 0 Å². The van der Waals surface area contributed by atoms with Crippen molar-refractivity contribution in [3.63, 3.8) is 0 Å². The second-order valence-corrected chi connectivity index (χ2v) is 8.00. The summed E-state index contributed by atoms with van der Waals surface area (Å²) in [5.41, 5.74) is 5.57. The molecule has 1 unspecified atom stereocenters. The molecule has 3 rings (SSSR count). The van der Waals surface area contributed by atoms with E-state index in [0.29, 0.717) is 61.9 Å². The van der Waals surface area contributed by atoms with Crippen LogP contribution in [0.1, 0.15) is 43.0 Å². The molecule has 1 spiro atoms. The SMILES string of the molecule is CCCN1CCC2(CCN(C(=O)c3cc(OC)c(OCCCN)c(OC)c3)C2)C1=O. The fourth-order valence-electron chi connectivity index (χ4n) is 4.39. The van der Waals surface area contributed by atoms with Gasteiger partial charge < -0.3 is 29.7 Å².